The van der Waals surface area contributed by atoms with Crippen LogP contribution >= 0.6 is 15.9 Å². The molecule has 0 bridgehead atoms. The number of hydrogen-bond acceptors (Lipinski definition) is 3. The van der Waals surface area contributed by atoms with Crippen molar-refractivity contribution in [2.75, 3.05) is 5.32 Å². The van der Waals surface area contributed by atoms with E-state index < -0.39 is 5.82 Å². The van der Waals surface area contributed by atoms with Crippen molar-refractivity contribution in [2.24, 2.45) is 5.92 Å². The van der Waals surface area contributed by atoms with Crippen molar-refractivity contribution in [1.82, 2.24) is 14.8 Å². The lowest BCUT2D eigenvalue weighted by molar-refractivity contribution is -0.117. The number of aromatic nitrogens is 3. The summed E-state index contributed by atoms with van der Waals surface area (Å²) in [6, 6.07) is 12.8. The summed E-state index contributed by atoms with van der Waals surface area (Å²) in [7, 11) is 0. The Morgan fingerprint density at radius 1 is 1.10 bits per heavy atom. The number of amides is 1. The second kappa shape index (κ2) is 7.95. The molecule has 5 nitrogen and oxygen atoms in total. The quantitative estimate of drug-likeness (QED) is 0.563. The number of benzene rings is 2. The van der Waals surface area contributed by atoms with E-state index in [0.29, 0.717) is 0 Å². The number of carbonyl (C=O) groups is 1. The third-order valence-electron chi connectivity index (χ3n) is 6.02. The first-order chi connectivity index (χ1) is 14.6. The molecular formula is C23H22BrFN4O. The van der Waals surface area contributed by atoms with Gasteiger partial charge in [-0.2, -0.15) is 0 Å². The summed E-state index contributed by atoms with van der Waals surface area (Å²) in [5.41, 5.74) is 2.11. The zero-order valence-corrected chi connectivity index (χ0v) is 18.0. The molecule has 1 aromatic heterocycles. The van der Waals surface area contributed by atoms with Gasteiger partial charge < -0.3 is 9.88 Å². The molecule has 3 aromatic rings. The first-order valence-electron chi connectivity index (χ1n) is 10.4. The van der Waals surface area contributed by atoms with Crippen LogP contribution in [0.5, 0.6) is 0 Å². The van der Waals surface area contributed by atoms with E-state index in [2.05, 4.69) is 36.0 Å². The molecule has 1 aliphatic heterocycles. The second-order valence-electron chi connectivity index (χ2n) is 8.09. The zero-order valence-electron chi connectivity index (χ0n) is 16.4. The van der Waals surface area contributed by atoms with Gasteiger partial charge >= 0.3 is 0 Å². The van der Waals surface area contributed by atoms with E-state index in [4.69, 9.17) is 0 Å². The van der Waals surface area contributed by atoms with Crippen LogP contribution in [0.2, 0.25) is 0 Å². The Kier molecular flexibility index (Phi) is 5.15. The van der Waals surface area contributed by atoms with E-state index in [9.17, 15) is 9.18 Å². The maximum absolute atomic E-state index is 14.5. The van der Waals surface area contributed by atoms with Crippen molar-refractivity contribution in [3.05, 3.63) is 64.1 Å². The van der Waals surface area contributed by atoms with Crippen LogP contribution in [-0.4, -0.2) is 20.7 Å². The molecule has 1 amide bonds. The smallest absolute Gasteiger partial charge is 0.228 e. The second-order valence-corrected chi connectivity index (χ2v) is 9.00. The lowest BCUT2D eigenvalue weighted by atomic mass is 10.1. The van der Waals surface area contributed by atoms with E-state index in [1.807, 2.05) is 24.3 Å². The Labute approximate surface area is 182 Å². The summed E-state index contributed by atoms with van der Waals surface area (Å²) in [5, 5.41) is 11.5. The van der Waals surface area contributed by atoms with Crippen molar-refractivity contribution in [1.29, 1.82) is 0 Å². The number of fused-ring (bicyclic) bond motifs is 1. The van der Waals surface area contributed by atoms with Gasteiger partial charge in [-0.25, -0.2) is 4.39 Å². The lowest BCUT2D eigenvalue weighted by Gasteiger charge is -2.10. The summed E-state index contributed by atoms with van der Waals surface area (Å²) >= 11 is 3.43. The SMILES string of the molecule is O=C(Nc1cc(-c2nnc3n2CCCCC3)ccc1F)C1CC1c1ccc(Br)cc1. The van der Waals surface area contributed by atoms with E-state index >= 15 is 0 Å². The van der Waals surface area contributed by atoms with Gasteiger partial charge in [0, 0.05) is 28.9 Å². The standard InChI is InChI=1S/C23H22BrFN4O/c24-16-8-5-14(6-9-16)17-13-18(17)23(30)26-20-12-15(7-10-19(20)25)22-28-27-21-4-2-1-3-11-29(21)22/h5-10,12,17-18H,1-4,11,13H2,(H,26,30). The fourth-order valence-electron chi connectivity index (χ4n) is 4.25. The van der Waals surface area contributed by atoms with Crippen LogP contribution in [0.3, 0.4) is 0 Å². The molecule has 1 N–H and O–H groups in total. The minimum Gasteiger partial charge on any atom is -0.323 e. The van der Waals surface area contributed by atoms with Gasteiger partial charge in [-0.15, -0.1) is 10.2 Å². The minimum atomic E-state index is -0.441. The predicted octanol–water partition coefficient (Wildman–Crippen LogP) is 5.32. The fraction of sp³-hybridized carbons (Fsp3) is 0.348. The van der Waals surface area contributed by atoms with Gasteiger partial charge in [0.05, 0.1) is 5.69 Å². The Morgan fingerprint density at radius 3 is 2.77 bits per heavy atom. The largest absolute Gasteiger partial charge is 0.323 e. The summed E-state index contributed by atoms with van der Waals surface area (Å²) < 4.78 is 17.6. The van der Waals surface area contributed by atoms with Crippen LogP contribution in [0.4, 0.5) is 10.1 Å². The number of halogens is 2. The molecular weight excluding hydrogens is 447 g/mol. The number of rotatable bonds is 4. The van der Waals surface area contributed by atoms with Crippen LogP contribution in [0.15, 0.2) is 46.9 Å². The van der Waals surface area contributed by atoms with Gasteiger partial charge in [0.1, 0.15) is 11.6 Å². The predicted molar refractivity (Wildman–Crippen MR) is 117 cm³/mol. The van der Waals surface area contributed by atoms with Gasteiger partial charge in [0.25, 0.3) is 0 Å². The van der Waals surface area contributed by atoms with Crippen molar-refractivity contribution in [3.63, 3.8) is 0 Å². The number of nitrogens with zero attached hydrogens (tertiary/aromatic N) is 3. The van der Waals surface area contributed by atoms with Crippen LogP contribution in [0.25, 0.3) is 11.4 Å². The zero-order chi connectivity index (χ0) is 20.7. The van der Waals surface area contributed by atoms with E-state index in [-0.39, 0.29) is 23.4 Å². The summed E-state index contributed by atoms with van der Waals surface area (Å²) in [5.74, 6) is 1.20. The van der Waals surface area contributed by atoms with Crippen molar-refractivity contribution in [2.45, 2.75) is 44.6 Å². The van der Waals surface area contributed by atoms with Crippen LogP contribution in [0, 0.1) is 11.7 Å². The number of hydrogen-bond donors (Lipinski definition) is 1. The molecule has 5 rings (SSSR count). The molecule has 30 heavy (non-hydrogen) atoms. The molecule has 1 fully saturated rings. The Balaban J connectivity index is 1.34. The molecule has 0 saturated heterocycles. The highest BCUT2D eigenvalue weighted by Crippen LogP contribution is 2.48. The normalized spacial score (nSPS) is 20.3. The van der Waals surface area contributed by atoms with E-state index in [0.717, 1.165) is 59.5 Å². The maximum atomic E-state index is 14.5. The van der Waals surface area contributed by atoms with Gasteiger partial charge in [-0.3, -0.25) is 4.79 Å². The van der Waals surface area contributed by atoms with E-state index in [1.54, 1.807) is 12.1 Å². The van der Waals surface area contributed by atoms with Crippen LogP contribution in [-0.2, 0) is 17.8 Å². The molecule has 2 aromatic carbocycles. The number of nitrogens with one attached hydrogen (secondary N) is 1. The molecule has 1 saturated carbocycles. The van der Waals surface area contributed by atoms with Crippen molar-refractivity contribution in [3.8, 4) is 11.4 Å². The molecule has 2 unspecified atom stereocenters. The first kappa shape index (κ1) is 19.4. The van der Waals surface area contributed by atoms with Gasteiger partial charge in [0.15, 0.2) is 5.82 Å². The van der Waals surface area contributed by atoms with Crippen molar-refractivity contribution < 1.29 is 9.18 Å². The first-order valence-corrected chi connectivity index (χ1v) is 11.2. The Bertz CT molecular complexity index is 1100. The Hall–Kier alpha value is -2.54. The number of aryl methyl sites for hydroxylation is 1. The molecule has 2 heterocycles. The molecule has 0 spiro atoms. The highest BCUT2D eigenvalue weighted by molar-refractivity contribution is 9.10. The summed E-state index contributed by atoms with van der Waals surface area (Å²) in [4.78, 5) is 12.7. The molecule has 1 aliphatic carbocycles. The highest BCUT2D eigenvalue weighted by Gasteiger charge is 2.44. The maximum Gasteiger partial charge on any atom is 0.228 e. The molecule has 2 atom stereocenters. The summed E-state index contributed by atoms with van der Waals surface area (Å²) in [6.07, 6.45) is 5.07. The van der Waals surface area contributed by atoms with Gasteiger partial charge in [0.2, 0.25) is 5.91 Å². The monoisotopic (exact) mass is 468 g/mol. The Morgan fingerprint density at radius 2 is 1.93 bits per heavy atom. The van der Waals surface area contributed by atoms with E-state index in [1.165, 1.54) is 12.5 Å². The topological polar surface area (TPSA) is 59.8 Å². The average molecular weight is 469 g/mol. The highest BCUT2D eigenvalue weighted by atomic mass is 79.9. The van der Waals surface area contributed by atoms with Crippen LogP contribution in [0.1, 0.15) is 43.0 Å². The van der Waals surface area contributed by atoms with Gasteiger partial charge in [-0.05, 0) is 61.1 Å². The minimum absolute atomic E-state index is 0.126. The average Bonchev–Trinajstić information content (AvgIpc) is 3.50. The third kappa shape index (κ3) is 3.78. The molecule has 154 valence electrons. The molecule has 7 heteroatoms. The number of anilines is 1. The van der Waals surface area contributed by atoms with Gasteiger partial charge in [-0.1, -0.05) is 34.5 Å². The molecule has 0 radical (unpaired) electrons. The van der Waals surface area contributed by atoms with Crippen molar-refractivity contribution >= 4 is 27.5 Å². The lowest BCUT2D eigenvalue weighted by Crippen LogP contribution is -2.15. The third-order valence-corrected chi connectivity index (χ3v) is 6.55. The van der Waals surface area contributed by atoms with Crippen LogP contribution < -0.4 is 5.32 Å². The summed E-state index contributed by atoms with van der Waals surface area (Å²) in [6.45, 7) is 0.869. The number of carbonyl (C=O) groups excluding carboxylic acids is 1. The fourth-order valence-corrected chi connectivity index (χ4v) is 4.51. The molecule has 2 aliphatic rings.